The number of rotatable bonds is 12. The Morgan fingerprint density at radius 1 is 0.541 bits per heavy atom. The number of aliphatic hydroxyl groups excluding tert-OH is 2. The lowest BCUT2D eigenvalue weighted by atomic mass is 9.91. The molecule has 6 fully saturated rings. The van der Waals surface area contributed by atoms with E-state index >= 15 is 0 Å². The van der Waals surface area contributed by atoms with Crippen molar-refractivity contribution in [1.82, 2.24) is 29.7 Å². The van der Waals surface area contributed by atoms with Crippen LogP contribution in [-0.4, -0.2) is 169 Å². The molecule has 0 unspecified atom stereocenters. The summed E-state index contributed by atoms with van der Waals surface area (Å²) in [6.07, 6.45) is 14.9. The van der Waals surface area contributed by atoms with Gasteiger partial charge in [0.25, 0.3) is 11.8 Å². The Morgan fingerprint density at radius 2 is 0.878 bits per heavy atom. The first-order valence-corrected chi connectivity index (χ1v) is 29.7. The summed E-state index contributed by atoms with van der Waals surface area (Å²) in [7, 11) is -6.97. The largest absolute Gasteiger partial charge is 0.393 e. The molecule has 4 aromatic rings. The normalized spacial score (nSPS) is 24.7. The molecular formula is C52H68F2N10O8S2. The molecule has 400 valence electrons. The highest BCUT2D eigenvalue weighted by Crippen LogP contribution is 2.37. The van der Waals surface area contributed by atoms with Crippen molar-refractivity contribution >= 4 is 54.8 Å². The van der Waals surface area contributed by atoms with Gasteiger partial charge in [0, 0.05) is 100 Å². The van der Waals surface area contributed by atoms with E-state index in [1.54, 1.807) is 24.5 Å². The molecule has 2 amide bonds. The summed E-state index contributed by atoms with van der Waals surface area (Å²) < 4.78 is 76.5. The SMILES string of the molecule is C[C@@H]1CN(c2ccc(S(C)(=O)=O)cc2F)CCN1c1nccc(C(=O)N(C2CCC(O)CC2)C2CC2)n1.C[C@@H]1CN(c2ccc(S(C)(=O)=O)cc2F)CCN1c1nccc(C(=O)N(C2CCC(O)CC2)C2CC2)n1. The molecule has 2 atom stereocenters. The van der Waals surface area contributed by atoms with Crippen LogP contribution >= 0.6 is 0 Å². The van der Waals surface area contributed by atoms with E-state index in [-0.39, 0.29) is 70.1 Å². The van der Waals surface area contributed by atoms with Gasteiger partial charge in [-0.2, -0.15) is 0 Å². The zero-order chi connectivity index (χ0) is 52.6. The lowest BCUT2D eigenvalue weighted by Crippen LogP contribution is -2.53. The number of amides is 2. The van der Waals surface area contributed by atoms with E-state index in [0.29, 0.717) is 73.9 Å². The van der Waals surface area contributed by atoms with Crippen molar-refractivity contribution in [1.29, 1.82) is 0 Å². The van der Waals surface area contributed by atoms with Gasteiger partial charge in [0.15, 0.2) is 19.7 Å². The third kappa shape index (κ3) is 12.2. The number of piperazine rings is 2. The van der Waals surface area contributed by atoms with Gasteiger partial charge in [0.2, 0.25) is 11.9 Å². The fourth-order valence-corrected chi connectivity index (χ4v) is 12.3. The predicted octanol–water partition coefficient (Wildman–Crippen LogP) is 5.28. The third-order valence-corrected chi connectivity index (χ3v) is 17.6. The number of benzene rings is 2. The minimum absolute atomic E-state index is 0.0417. The second kappa shape index (κ2) is 21.9. The first-order valence-electron chi connectivity index (χ1n) is 25.9. The van der Waals surface area contributed by atoms with Crippen molar-refractivity contribution in [2.45, 2.75) is 149 Å². The summed E-state index contributed by atoms with van der Waals surface area (Å²) in [6.45, 7) is 7.04. The lowest BCUT2D eigenvalue weighted by molar-refractivity contribution is 0.0467. The fraction of sp³-hybridized carbons (Fsp3) is 0.577. The number of carbonyl (C=O) groups is 2. The summed E-state index contributed by atoms with van der Waals surface area (Å²) in [4.78, 5) is 57.0. The van der Waals surface area contributed by atoms with Crippen LogP contribution in [0, 0.1) is 11.6 Å². The summed E-state index contributed by atoms with van der Waals surface area (Å²) in [5, 5.41) is 19.8. The van der Waals surface area contributed by atoms with Gasteiger partial charge >= 0.3 is 0 Å². The lowest BCUT2D eigenvalue weighted by Gasteiger charge is -2.41. The molecule has 2 saturated heterocycles. The second-order valence-electron chi connectivity index (χ2n) is 21.0. The van der Waals surface area contributed by atoms with Gasteiger partial charge < -0.3 is 39.6 Å². The molecule has 2 aliphatic heterocycles. The Labute approximate surface area is 432 Å². The van der Waals surface area contributed by atoms with Crippen molar-refractivity contribution in [2.24, 2.45) is 0 Å². The van der Waals surface area contributed by atoms with Crippen LogP contribution in [0.2, 0.25) is 0 Å². The van der Waals surface area contributed by atoms with Crippen LogP contribution in [0.3, 0.4) is 0 Å². The van der Waals surface area contributed by atoms with E-state index in [1.165, 1.54) is 24.3 Å². The third-order valence-electron chi connectivity index (χ3n) is 15.3. The molecule has 4 aliphatic carbocycles. The first-order chi connectivity index (χ1) is 35.2. The van der Waals surface area contributed by atoms with E-state index in [2.05, 4.69) is 19.9 Å². The quantitative estimate of drug-likeness (QED) is 0.185. The second-order valence-corrected chi connectivity index (χ2v) is 25.1. The van der Waals surface area contributed by atoms with Crippen LogP contribution in [0.1, 0.15) is 112 Å². The van der Waals surface area contributed by atoms with Crippen molar-refractivity contribution in [2.75, 3.05) is 71.4 Å². The number of aliphatic hydroxyl groups is 2. The standard InChI is InChI=1S/2C26H34FN5O4S/c2*1-17-16-30(24-10-9-21(15-22(24)27)37(2,35)36)13-14-31(17)26-28-12-11-23(29-26)25(34)32(18-3-4-18)19-5-7-20(33)8-6-19/h2*9-12,15,17-20,33H,3-8,13-14,16H2,1-2H3/t2*17-,19?,20?/m11/s1. The molecular weight excluding hydrogens is 995 g/mol. The Bertz CT molecular complexity index is 2720. The van der Waals surface area contributed by atoms with E-state index in [1.807, 2.05) is 43.2 Å². The average molecular weight is 1060 g/mol. The van der Waals surface area contributed by atoms with E-state index in [4.69, 9.17) is 0 Å². The Morgan fingerprint density at radius 3 is 1.18 bits per heavy atom. The topological polar surface area (TPSA) is 214 Å². The average Bonchev–Trinajstić information content (AvgIpc) is 4.32. The molecule has 2 aromatic heterocycles. The molecule has 2 aromatic carbocycles. The number of nitrogens with zero attached hydrogens (tertiary/aromatic N) is 10. The van der Waals surface area contributed by atoms with Crippen LogP contribution in [0.5, 0.6) is 0 Å². The van der Waals surface area contributed by atoms with Crippen LogP contribution < -0.4 is 19.6 Å². The van der Waals surface area contributed by atoms with Crippen LogP contribution in [0.25, 0.3) is 0 Å². The summed E-state index contributed by atoms with van der Waals surface area (Å²) in [6, 6.07) is 12.0. The minimum atomic E-state index is -3.48. The molecule has 22 heteroatoms. The zero-order valence-electron chi connectivity index (χ0n) is 42.5. The van der Waals surface area contributed by atoms with Crippen LogP contribution in [0.15, 0.2) is 70.7 Å². The van der Waals surface area contributed by atoms with Crippen molar-refractivity contribution in [3.63, 3.8) is 0 Å². The molecule has 4 heterocycles. The monoisotopic (exact) mass is 1060 g/mol. The number of halogens is 2. The first kappa shape index (κ1) is 53.3. The number of hydrogen-bond donors (Lipinski definition) is 2. The van der Waals surface area contributed by atoms with Gasteiger partial charge in [-0.25, -0.2) is 45.6 Å². The van der Waals surface area contributed by atoms with Gasteiger partial charge in [-0.15, -0.1) is 0 Å². The van der Waals surface area contributed by atoms with Gasteiger partial charge in [0.1, 0.15) is 23.0 Å². The molecule has 0 bridgehead atoms. The summed E-state index contributed by atoms with van der Waals surface area (Å²) in [5.74, 6) is -0.342. The van der Waals surface area contributed by atoms with E-state index < -0.39 is 31.3 Å². The fourth-order valence-electron chi connectivity index (χ4n) is 11.0. The van der Waals surface area contributed by atoms with Gasteiger partial charge in [-0.3, -0.25) is 9.59 Å². The molecule has 0 radical (unpaired) electrons. The van der Waals surface area contributed by atoms with Crippen molar-refractivity contribution in [3.8, 4) is 0 Å². The van der Waals surface area contributed by atoms with E-state index in [9.17, 15) is 45.4 Å². The summed E-state index contributed by atoms with van der Waals surface area (Å²) >= 11 is 0. The Hall–Kier alpha value is -5.58. The van der Waals surface area contributed by atoms with Crippen molar-refractivity contribution < 1.29 is 45.4 Å². The van der Waals surface area contributed by atoms with Crippen LogP contribution in [0.4, 0.5) is 32.1 Å². The molecule has 2 N–H and O–H groups in total. The highest BCUT2D eigenvalue weighted by atomic mass is 32.2. The van der Waals surface area contributed by atoms with Crippen molar-refractivity contribution in [3.05, 3.63) is 83.9 Å². The molecule has 18 nitrogen and oxygen atoms in total. The number of sulfone groups is 2. The highest BCUT2D eigenvalue weighted by molar-refractivity contribution is 7.91. The molecule has 4 saturated carbocycles. The number of aromatic nitrogens is 4. The van der Waals surface area contributed by atoms with Crippen LogP contribution in [-0.2, 0) is 19.7 Å². The Kier molecular flexibility index (Phi) is 15.8. The maximum atomic E-state index is 14.8. The van der Waals surface area contributed by atoms with Gasteiger partial charge in [0.05, 0.1) is 33.4 Å². The Balaban J connectivity index is 0.000000182. The number of anilines is 4. The van der Waals surface area contributed by atoms with Gasteiger partial charge in [-0.1, -0.05) is 0 Å². The highest BCUT2D eigenvalue weighted by Gasteiger charge is 2.42. The number of hydrogen-bond acceptors (Lipinski definition) is 16. The van der Waals surface area contributed by atoms with Gasteiger partial charge in [-0.05, 0) is 139 Å². The minimum Gasteiger partial charge on any atom is -0.393 e. The molecule has 74 heavy (non-hydrogen) atoms. The van der Waals surface area contributed by atoms with E-state index in [0.717, 1.165) is 102 Å². The zero-order valence-corrected chi connectivity index (χ0v) is 44.1. The smallest absolute Gasteiger partial charge is 0.273 e. The maximum absolute atomic E-state index is 14.8. The molecule has 0 spiro atoms. The number of carbonyl (C=O) groups excluding carboxylic acids is 2. The predicted molar refractivity (Wildman–Crippen MR) is 276 cm³/mol. The summed E-state index contributed by atoms with van der Waals surface area (Å²) in [5.41, 5.74) is 1.47. The molecule has 10 rings (SSSR count). The molecule has 6 aliphatic rings. The maximum Gasteiger partial charge on any atom is 0.273 e.